The second kappa shape index (κ2) is 2.67. The van der Waals surface area contributed by atoms with Crippen molar-refractivity contribution in [2.45, 2.75) is 0 Å². The van der Waals surface area contributed by atoms with Gasteiger partial charge < -0.3 is 14.4 Å². The molecule has 0 heterocycles. The maximum absolute atomic E-state index is 10.4. The summed E-state index contributed by atoms with van der Waals surface area (Å²) < 4.78 is 9.18. The quantitative estimate of drug-likeness (QED) is 0.559. The standard InChI is InChI=1S/C6H14O7S/c1-14(2,3,4,12-6(9)10)13-11-5(7)8/h1-4H3,(H,7,8)(H,9,10). The lowest BCUT2D eigenvalue weighted by Crippen LogP contribution is -2.38. The fourth-order valence-electron chi connectivity index (χ4n) is 0.507. The van der Waals surface area contributed by atoms with Crippen LogP contribution >= 0.6 is 8.86 Å². The van der Waals surface area contributed by atoms with Crippen LogP contribution in [0.3, 0.4) is 0 Å². The predicted octanol–water partition coefficient (Wildman–Crippen LogP) is 1.53. The van der Waals surface area contributed by atoms with Crippen LogP contribution in [-0.2, 0) is 13.4 Å². The van der Waals surface area contributed by atoms with Crippen LogP contribution in [0.1, 0.15) is 0 Å². The second-order valence-corrected chi connectivity index (χ2v) is 12.6. The summed E-state index contributed by atoms with van der Waals surface area (Å²) in [6, 6.07) is 0. The van der Waals surface area contributed by atoms with Crippen LogP contribution in [0.4, 0.5) is 9.59 Å². The van der Waals surface area contributed by atoms with E-state index < -0.39 is 21.2 Å². The van der Waals surface area contributed by atoms with E-state index >= 15 is 0 Å². The van der Waals surface area contributed by atoms with E-state index in [0.29, 0.717) is 0 Å². The minimum atomic E-state index is -3.93. The Labute approximate surface area is 80.2 Å². The highest BCUT2D eigenvalue weighted by Crippen LogP contribution is 2.80. The zero-order valence-corrected chi connectivity index (χ0v) is 9.16. The maximum Gasteiger partial charge on any atom is 0.539 e. The van der Waals surface area contributed by atoms with Crippen molar-refractivity contribution in [2.24, 2.45) is 0 Å². The number of rotatable bonds is 3. The Kier molecular flexibility index (Phi) is 2.45. The van der Waals surface area contributed by atoms with E-state index in [9.17, 15) is 9.59 Å². The molecular formula is C6H14O7S. The summed E-state index contributed by atoms with van der Waals surface area (Å²) in [6.45, 7) is 0. The van der Waals surface area contributed by atoms with Gasteiger partial charge in [0.05, 0.1) is 0 Å². The van der Waals surface area contributed by atoms with Gasteiger partial charge in [-0.2, -0.15) is 0 Å². The molecule has 0 rings (SSSR count). The van der Waals surface area contributed by atoms with Crippen molar-refractivity contribution in [3.8, 4) is 0 Å². The van der Waals surface area contributed by atoms with Gasteiger partial charge in [0.1, 0.15) is 0 Å². The first kappa shape index (κ1) is 12.8. The van der Waals surface area contributed by atoms with Gasteiger partial charge in [-0.1, -0.05) is 4.33 Å². The smallest absolute Gasteiger partial charge is 0.448 e. The van der Waals surface area contributed by atoms with Gasteiger partial charge in [0.2, 0.25) is 0 Å². The van der Waals surface area contributed by atoms with E-state index in [1.807, 2.05) is 0 Å². The van der Waals surface area contributed by atoms with Gasteiger partial charge in [0.15, 0.2) is 0 Å². The number of hydrogen-bond acceptors (Lipinski definition) is 5. The molecule has 0 aliphatic rings. The SMILES string of the molecule is CS(C)(C)(C)(OOC(=O)O)OC(=O)O. The van der Waals surface area contributed by atoms with Crippen LogP contribution in [0.15, 0.2) is 0 Å². The summed E-state index contributed by atoms with van der Waals surface area (Å²) in [6.07, 6.45) is 2.15. The number of carboxylic acid groups (broad SMARTS) is 2. The Balaban J connectivity index is 4.78. The first-order valence-corrected chi connectivity index (χ1v) is 7.33. The van der Waals surface area contributed by atoms with Crippen molar-refractivity contribution in [1.82, 2.24) is 0 Å². The van der Waals surface area contributed by atoms with E-state index in [0.717, 1.165) is 0 Å². The van der Waals surface area contributed by atoms with Crippen LogP contribution in [0.2, 0.25) is 0 Å². The molecular weight excluding hydrogens is 216 g/mol. The van der Waals surface area contributed by atoms with Crippen molar-refractivity contribution in [2.75, 3.05) is 25.0 Å². The zero-order chi connectivity index (χ0) is 11.7. The van der Waals surface area contributed by atoms with E-state index in [4.69, 9.17) is 10.2 Å². The normalized spacial score (nSPS) is 16.3. The van der Waals surface area contributed by atoms with Gasteiger partial charge in [-0.05, 0) is 0 Å². The van der Waals surface area contributed by atoms with Crippen molar-refractivity contribution < 1.29 is 33.2 Å². The van der Waals surface area contributed by atoms with Crippen LogP contribution in [-0.4, -0.2) is 47.5 Å². The molecule has 7 nitrogen and oxygen atoms in total. The topological polar surface area (TPSA) is 102 Å². The van der Waals surface area contributed by atoms with Gasteiger partial charge in [-0.25, -0.2) is 23.3 Å². The molecule has 0 saturated carbocycles. The molecule has 0 unspecified atom stereocenters. The van der Waals surface area contributed by atoms with Crippen molar-refractivity contribution in [1.29, 1.82) is 0 Å². The fraction of sp³-hybridized carbons (Fsp3) is 0.667. The molecule has 8 heteroatoms. The minimum absolute atomic E-state index is 1.34. The molecule has 0 spiro atoms. The lowest BCUT2D eigenvalue weighted by molar-refractivity contribution is -0.164. The first-order valence-electron chi connectivity index (χ1n) is 3.40. The van der Waals surface area contributed by atoms with Crippen molar-refractivity contribution in [3.63, 3.8) is 0 Å². The molecule has 86 valence electrons. The third-order valence-corrected chi connectivity index (χ3v) is 2.39. The monoisotopic (exact) mass is 230 g/mol. The molecule has 0 aromatic rings. The second-order valence-electron chi connectivity index (χ2n) is 4.62. The molecule has 0 amide bonds. The highest BCUT2D eigenvalue weighted by Gasteiger charge is 2.43. The Morgan fingerprint density at radius 2 is 1.43 bits per heavy atom. The summed E-state index contributed by atoms with van der Waals surface area (Å²) in [5, 5.41) is 16.7. The van der Waals surface area contributed by atoms with E-state index in [1.165, 1.54) is 25.0 Å². The average molecular weight is 230 g/mol. The van der Waals surface area contributed by atoms with Crippen molar-refractivity contribution >= 4 is 21.2 Å². The number of hydrogen-bond donors (Lipinski definition) is 2. The molecule has 0 aromatic carbocycles. The highest BCUT2D eigenvalue weighted by atomic mass is 32.4. The van der Waals surface area contributed by atoms with Gasteiger partial charge in [-0.15, -0.1) is 0 Å². The molecule has 0 atom stereocenters. The molecule has 0 fully saturated rings. The fourth-order valence-corrected chi connectivity index (χ4v) is 1.52. The van der Waals surface area contributed by atoms with E-state index in [-0.39, 0.29) is 0 Å². The first-order chi connectivity index (χ1) is 5.84. The summed E-state index contributed by atoms with van der Waals surface area (Å²) in [7, 11) is -3.93. The Bertz CT molecular complexity index is 273. The molecule has 0 bridgehead atoms. The largest absolute Gasteiger partial charge is 0.539 e. The van der Waals surface area contributed by atoms with E-state index in [1.54, 1.807) is 0 Å². The predicted molar refractivity (Wildman–Crippen MR) is 50.6 cm³/mol. The summed E-state index contributed by atoms with van der Waals surface area (Å²) in [5.74, 6) is 0. The Hall–Kier alpha value is -1.15. The van der Waals surface area contributed by atoms with Crippen molar-refractivity contribution in [3.05, 3.63) is 0 Å². The molecule has 14 heavy (non-hydrogen) atoms. The average Bonchev–Trinajstić information content (AvgIpc) is 1.78. The molecule has 2 N–H and O–H groups in total. The van der Waals surface area contributed by atoms with Crippen LogP contribution in [0, 0.1) is 0 Å². The third-order valence-electron chi connectivity index (χ3n) is 0.844. The lowest BCUT2D eigenvalue weighted by atomic mass is 11.5. The molecule has 0 saturated heterocycles. The molecule has 0 aliphatic heterocycles. The van der Waals surface area contributed by atoms with Gasteiger partial charge in [-0.3, -0.25) is 0 Å². The number of carbonyl (C=O) groups is 2. The third kappa shape index (κ3) is 5.49. The summed E-state index contributed by atoms with van der Waals surface area (Å²) in [5.41, 5.74) is 0. The van der Waals surface area contributed by atoms with Gasteiger partial charge in [0.25, 0.3) is 0 Å². The molecule has 0 radical (unpaired) electrons. The summed E-state index contributed by atoms with van der Waals surface area (Å²) >= 11 is 0. The highest BCUT2D eigenvalue weighted by molar-refractivity contribution is 8.56. The maximum atomic E-state index is 10.4. The van der Waals surface area contributed by atoms with Crippen LogP contribution in [0.25, 0.3) is 0 Å². The Morgan fingerprint density at radius 3 is 1.71 bits per heavy atom. The molecule has 0 aliphatic carbocycles. The summed E-state index contributed by atoms with van der Waals surface area (Å²) in [4.78, 5) is 24.4. The van der Waals surface area contributed by atoms with Crippen LogP contribution in [0.5, 0.6) is 0 Å². The van der Waals surface area contributed by atoms with E-state index in [2.05, 4.69) is 13.4 Å². The lowest BCUT2D eigenvalue weighted by Gasteiger charge is -2.69. The molecule has 0 aromatic heterocycles. The Morgan fingerprint density at radius 1 is 1.00 bits per heavy atom. The minimum Gasteiger partial charge on any atom is -0.448 e. The van der Waals surface area contributed by atoms with Gasteiger partial charge >= 0.3 is 12.3 Å². The van der Waals surface area contributed by atoms with Gasteiger partial charge in [0, 0.05) is 25.0 Å². The van der Waals surface area contributed by atoms with Crippen LogP contribution < -0.4 is 0 Å². The zero-order valence-electron chi connectivity index (χ0n) is 8.34.